The van der Waals surface area contributed by atoms with Crippen LogP contribution >= 0.6 is 24.0 Å². The minimum Gasteiger partial charge on any atom is -0.379 e. The maximum atomic E-state index is 5.47. The van der Waals surface area contributed by atoms with Crippen LogP contribution in [0.5, 0.6) is 0 Å². The number of hydrogen-bond acceptors (Lipinski definition) is 3. The molecule has 2 fully saturated rings. The molecule has 1 unspecified atom stereocenters. The van der Waals surface area contributed by atoms with Crippen LogP contribution in [0.25, 0.3) is 0 Å². The van der Waals surface area contributed by atoms with Gasteiger partial charge in [0.15, 0.2) is 5.96 Å². The van der Waals surface area contributed by atoms with Crippen molar-refractivity contribution in [2.45, 2.75) is 46.1 Å². The Balaban J connectivity index is 0.00000264. The van der Waals surface area contributed by atoms with E-state index in [1.165, 1.54) is 19.3 Å². The molecule has 1 aliphatic carbocycles. The molecule has 136 valence electrons. The lowest BCUT2D eigenvalue weighted by Gasteiger charge is -2.36. The normalized spacial score (nSPS) is 21.0. The van der Waals surface area contributed by atoms with Crippen molar-refractivity contribution in [3.8, 4) is 0 Å². The van der Waals surface area contributed by atoms with Gasteiger partial charge in [-0.3, -0.25) is 9.89 Å². The van der Waals surface area contributed by atoms with Crippen LogP contribution in [-0.4, -0.2) is 62.8 Å². The number of nitrogens with one attached hydrogen (secondary N) is 2. The minimum atomic E-state index is 0. The van der Waals surface area contributed by atoms with E-state index in [0.29, 0.717) is 12.0 Å². The maximum absolute atomic E-state index is 5.47. The average molecular weight is 438 g/mol. The van der Waals surface area contributed by atoms with Gasteiger partial charge in [0.2, 0.25) is 0 Å². The van der Waals surface area contributed by atoms with Crippen molar-refractivity contribution in [3.05, 3.63) is 0 Å². The minimum absolute atomic E-state index is 0. The zero-order valence-corrected chi connectivity index (χ0v) is 17.3. The molecule has 1 saturated heterocycles. The van der Waals surface area contributed by atoms with Crippen molar-refractivity contribution < 1.29 is 4.74 Å². The maximum Gasteiger partial charge on any atom is 0.191 e. The van der Waals surface area contributed by atoms with Crippen LogP contribution in [-0.2, 0) is 4.74 Å². The van der Waals surface area contributed by atoms with Gasteiger partial charge in [0.05, 0.1) is 19.8 Å². The number of guanidine groups is 1. The highest BCUT2D eigenvalue weighted by Gasteiger charge is 2.24. The average Bonchev–Trinajstić information content (AvgIpc) is 3.32. The Morgan fingerprint density at radius 2 is 1.91 bits per heavy atom. The van der Waals surface area contributed by atoms with Crippen LogP contribution in [0.4, 0.5) is 0 Å². The van der Waals surface area contributed by atoms with Gasteiger partial charge in [0.25, 0.3) is 0 Å². The second-order valence-electron chi connectivity index (χ2n) is 6.84. The Kier molecular flexibility index (Phi) is 10.5. The quantitative estimate of drug-likeness (QED) is 0.347. The molecule has 6 heteroatoms. The van der Waals surface area contributed by atoms with Crippen LogP contribution in [0.3, 0.4) is 0 Å². The number of nitrogens with zero attached hydrogens (tertiary/aromatic N) is 2. The van der Waals surface area contributed by atoms with E-state index in [1.54, 1.807) is 0 Å². The number of aliphatic imine (C=N–C) groups is 1. The third kappa shape index (κ3) is 8.03. The van der Waals surface area contributed by atoms with Gasteiger partial charge in [-0.25, -0.2) is 0 Å². The van der Waals surface area contributed by atoms with Crippen molar-refractivity contribution in [1.29, 1.82) is 0 Å². The molecule has 5 nitrogen and oxygen atoms in total. The number of halogens is 1. The molecule has 0 amide bonds. The lowest BCUT2D eigenvalue weighted by atomic mass is 10.0. The second-order valence-corrected chi connectivity index (χ2v) is 6.84. The van der Waals surface area contributed by atoms with Gasteiger partial charge in [0, 0.05) is 32.2 Å². The van der Waals surface area contributed by atoms with Gasteiger partial charge in [0.1, 0.15) is 0 Å². The van der Waals surface area contributed by atoms with Gasteiger partial charge in [-0.2, -0.15) is 0 Å². The first-order valence-electron chi connectivity index (χ1n) is 9.04. The van der Waals surface area contributed by atoms with E-state index in [-0.39, 0.29) is 24.0 Å². The molecule has 2 rings (SSSR count). The first-order chi connectivity index (χ1) is 10.7. The largest absolute Gasteiger partial charge is 0.379 e. The molecule has 0 radical (unpaired) electrons. The van der Waals surface area contributed by atoms with E-state index in [9.17, 15) is 0 Å². The van der Waals surface area contributed by atoms with E-state index in [2.05, 4.69) is 36.3 Å². The predicted octanol–water partition coefficient (Wildman–Crippen LogP) is 2.32. The molecule has 2 aliphatic rings. The molecule has 1 aliphatic heterocycles. The molecule has 1 heterocycles. The third-order valence-electron chi connectivity index (χ3n) is 4.61. The molecular formula is C17H35IN4O. The Labute approximate surface area is 159 Å². The summed E-state index contributed by atoms with van der Waals surface area (Å²) in [7, 11) is 0. The van der Waals surface area contributed by atoms with Crippen molar-refractivity contribution >= 4 is 29.9 Å². The number of morpholine rings is 1. The summed E-state index contributed by atoms with van der Waals surface area (Å²) >= 11 is 0. The van der Waals surface area contributed by atoms with Gasteiger partial charge >= 0.3 is 0 Å². The Bertz CT molecular complexity index is 341. The van der Waals surface area contributed by atoms with E-state index >= 15 is 0 Å². The first-order valence-corrected chi connectivity index (χ1v) is 9.04. The number of hydrogen-bond donors (Lipinski definition) is 2. The summed E-state index contributed by atoms with van der Waals surface area (Å²) in [5.41, 5.74) is 0. The molecule has 23 heavy (non-hydrogen) atoms. The van der Waals surface area contributed by atoms with Crippen LogP contribution in [0, 0.1) is 11.8 Å². The summed E-state index contributed by atoms with van der Waals surface area (Å²) in [6, 6.07) is 0.503. The Hall–Kier alpha value is -0.0800. The summed E-state index contributed by atoms with van der Waals surface area (Å²) in [6.07, 6.45) is 4.12. The summed E-state index contributed by atoms with van der Waals surface area (Å²) in [5, 5.41) is 6.85. The second kappa shape index (κ2) is 11.5. The summed E-state index contributed by atoms with van der Waals surface area (Å²) in [5.74, 6) is 2.55. The molecule has 1 saturated carbocycles. The molecule has 1 atom stereocenters. The fourth-order valence-electron chi connectivity index (χ4n) is 2.98. The van der Waals surface area contributed by atoms with Crippen LogP contribution in [0.1, 0.15) is 40.0 Å². The predicted molar refractivity (Wildman–Crippen MR) is 108 cm³/mol. The fraction of sp³-hybridized carbons (Fsp3) is 0.941. The third-order valence-corrected chi connectivity index (χ3v) is 4.61. The molecular weight excluding hydrogens is 403 g/mol. The molecule has 2 N–H and O–H groups in total. The highest BCUT2D eigenvalue weighted by molar-refractivity contribution is 14.0. The summed E-state index contributed by atoms with van der Waals surface area (Å²) in [4.78, 5) is 7.37. The van der Waals surface area contributed by atoms with Crippen molar-refractivity contribution in [2.24, 2.45) is 16.8 Å². The van der Waals surface area contributed by atoms with E-state index < -0.39 is 0 Å². The summed E-state index contributed by atoms with van der Waals surface area (Å²) < 4.78 is 5.47. The van der Waals surface area contributed by atoms with Crippen LogP contribution in [0.2, 0.25) is 0 Å². The van der Waals surface area contributed by atoms with Gasteiger partial charge in [-0.1, -0.05) is 26.7 Å². The molecule has 0 aromatic heterocycles. The van der Waals surface area contributed by atoms with Crippen molar-refractivity contribution in [2.75, 3.05) is 45.9 Å². The van der Waals surface area contributed by atoms with E-state index in [4.69, 9.17) is 9.73 Å². The zero-order chi connectivity index (χ0) is 15.8. The Morgan fingerprint density at radius 3 is 2.48 bits per heavy atom. The fourth-order valence-corrected chi connectivity index (χ4v) is 2.98. The zero-order valence-electron chi connectivity index (χ0n) is 15.0. The summed E-state index contributed by atoms with van der Waals surface area (Å²) in [6.45, 7) is 13.3. The van der Waals surface area contributed by atoms with Gasteiger partial charge in [-0.15, -0.1) is 24.0 Å². The molecule has 0 aromatic carbocycles. The Morgan fingerprint density at radius 1 is 1.22 bits per heavy atom. The first kappa shape index (κ1) is 21.0. The van der Waals surface area contributed by atoms with Gasteiger partial charge < -0.3 is 15.4 Å². The highest BCUT2D eigenvalue weighted by Crippen LogP contribution is 2.31. The molecule has 0 spiro atoms. The standard InChI is InChI=1S/C17H34N4O.HI/c1-4-18-17(19-8-7-15-5-6-15)20-13-16(14(2)3)21-9-11-22-12-10-21;/h14-16H,4-13H2,1-3H3,(H2,18,19,20);1H. The van der Waals surface area contributed by atoms with Crippen LogP contribution in [0.15, 0.2) is 4.99 Å². The SMILES string of the molecule is CCNC(=NCC(C(C)C)N1CCOCC1)NCCC1CC1.I. The van der Waals surface area contributed by atoms with Crippen molar-refractivity contribution in [1.82, 2.24) is 15.5 Å². The lowest BCUT2D eigenvalue weighted by molar-refractivity contribution is 0.00867. The topological polar surface area (TPSA) is 48.9 Å². The molecule has 0 bridgehead atoms. The van der Waals surface area contributed by atoms with E-state index in [1.807, 2.05) is 0 Å². The number of ether oxygens (including phenoxy) is 1. The van der Waals surface area contributed by atoms with Crippen LogP contribution < -0.4 is 10.6 Å². The van der Waals surface area contributed by atoms with Crippen molar-refractivity contribution in [3.63, 3.8) is 0 Å². The highest BCUT2D eigenvalue weighted by atomic mass is 127. The smallest absolute Gasteiger partial charge is 0.191 e. The lowest BCUT2D eigenvalue weighted by Crippen LogP contribution is -2.48. The van der Waals surface area contributed by atoms with Gasteiger partial charge in [-0.05, 0) is 25.2 Å². The monoisotopic (exact) mass is 438 g/mol. The van der Waals surface area contributed by atoms with E-state index in [0.717, 1.165) is 57.8 Å². The number of rotatable bonds is 8. The molecule has 0 aromatic rings.